The zero-order valence-electron chi connectivity index (χ0n) is 38.5. The Bertz CT molecular complexity index is 4320. The van der Waals surface area contributed by atoms with Crippen LogP contribution in [0.2, 0.25) is 0 Å². The number of benzene rings is 14. The van der Waals surface area contributed by atoms with E-state index in [4.69, 9.17) is 0 Å². The maximum atomic E-state index is 12.4. The Hall–Kier alpha value is -9.24. The molecule has 2 heteroatoms. The molecule has 0 amide bonds. The molecule has 15 rings (SSSR count). The normalized spacial score (nSPS) is 13.0. The standard InChI is InChI=1S/C69H42O2/c70-45-37-61-47-19-5-1-15-41(47)31-33-55(61)65(39-45)69(66-40-46(71)38-62-48-20-6-2-16-42(48)32-34-56(62)66)63-29-13-27-57(59-35-43-17-3-7-21-49(43)51-23-9-11-25-53(51)59)67(63)68-58(28-14-30-64(68)69)60-36-44-18-4-8-22-50(44)52-24-10-12-26-54(52)60/h1-40,70-71H. The van der Waals surface area contributed by atoms with E-state index in [1.165, 1.54) is 43.1 Å². The molecule has 0 saturated heterocycles. The van der Waals surface area contributed by atoms with Crippen LogP contribution in [0.1, 0.15) is 22.3 Å². The molecule has 0 aromatic heterocycles. The molecule has 14 aromatic carbocycles. The molecule has 0 unspecified atom stereocenters. The highest BCUT2D eigenvalue weighted by atomic mass is 16.3. The topological polar surface area (TPSA) is 40.5 Å². The van der Waals surface area contributed by atoms with Gasteiger partial charge in [0.1, 0.15) is 11.5 Å². The first kappa shape index (κ1) is 39.7. The minimum Gasteiger partial charge on any atom is -0.508 e. The van der Waals surface area contributed by atoms with Gasteiger partial charge in [0.05, 0.1) is 5.41 Å². The van der Waals surface area contributed by atoms with E-state index in [9.17, 15) is 10.2 Å². The van der Waals surface area contributed by atoms with Gasteiger partial charge in [-0.15, -0.1) is 0 Å². The summed E-state index contributed by atoms with van der Waals surface area (Å²) in [6.07, 6.45) is 0. The molecular weight excluding hydrogens is 861 g/mol. The lowest BCUT2D eigenvalue weighted by Gasteiger charge is -2.36. The van der Waals surface area contributed by atoms with Crippen LogP contribution >= 0.6 is 0 Å². The Kier molecular flexibility index (Phi) is 8.33. The van der Waals surface area contributed by atoms with Gasteiger partial charge >= 0.3 is 0 Å². The van der Waals surface area contributed by atoms with Gasteiger partial charge in [-0.05, 0) is 178 Å². The highest BCUT2D eigenvalue weighted by Gasteiger charge is 2.50. The van der Waals surface area contributed by atoms with Crippen LogP contribution in [0.3, 0.4) is 0 Å². The van der Waals surface area contributed by atoms with Gasteiger partial charge < -0.3 is 10.2 Å². The molecule has 0 aliphatic heterocycles. The average molecular weight is 903 g/mol. The van der Waals surface area contributed by atoms with Gasteiger partial charge in [-0.25, -0.2) is 0 Å². The van der Waals surface area contributed by atoms with Gasteiger partial charge in [0.25, 0.3) is 0 Å². The molecule has 1 aliphatic carbocycles. The van der Waals surface area contributed by atoms with Gasteiger partial charge in [-0.2, -0.15) is 0 Å². The van der Waals surface area contributed by atoms with E-state index in [2.05, 4.69) is 218 Å². The minimum atomic E-state index is -1.09. The molecule has 0 atom stereocenters. The van der Waals surface area contributed by atoms with Crippen molar-refractivity contribution in [2.24, 2.45) is 0 Å². The number of rotatable bonds is 4. The van der Waals surface area contributed by atoms with Crippen LogP contribution in [0, 0.1) is 0 Å². The zero-order chi connectivity index (χ0) is 47.0. The second-order valence-corrected chi connectivity index (χ2v) is 19.3. The van der Waals surface area contributed by atoms with Gasteiger partial charge in [0, 0.05) is 0 Å². The fourth-order valence-electron chi connectivity index (χ4n) is 13.0. The van der Waals surface area contributed by atoms with Crippen molar-refractivity contribution >= 4 is 86.2 Å². The third-order valence-electron chi connectivity index (χ3n) is 15.8. The fraction of sp³-hybridized carbons (Fsp3) is 0.0145. The quantitative estimate of drug-likeness (QED) is 0.173. The summed E-state index contributed by atoms with van der Waals surface area (Å²) < 4.78 is 0. The molecule has 0 radical (unpaired) electrons. The molecule has 0 bridgehead atoms. The largest absolute Gasteiger partial charge is 0.508 e. The molecule has 14 aromatic rings. The Morgan fingerprint density at radius 2 is 0.563 bits per heavy atom. The van der Waals surface area contributed by atoms with Crippen LogP contribution in [-0.2, 0) is 5.41 Å². The van der Waals surface area contributed by atoms with Crippen molar-refractivity contribution in [3.63, 3.8) is 0 Å². The maximum Gasteiger partial charge on any atom is 0.116 e. The van der Waals surface area contributed by atoms with Crippen molar-refractivity contribution in [1.82, 2.24) is 0 Å². The second kappa shape index (κ2) is 14.9. The summed E-state index contributed by atoms with van der Waals surface area (Å²) in [5, 5.41) is 42.6. The van der Waals surface area contributed by atoms with Crippen molar-refractivity contribution < 1.29 is 10.2 Å². The van der Waals surface area contributed by atoms with Gasteiger partial charge in [-0.1, -0.05) is 206 Å². The third kappa shape index (κ3) is 5.53. The molecule has 0 saturated carbocycles. The first-order chi connectivity index (χ1) is 35.0. The molecule has 2 nitrogen and oxygen atoms in total. The Balaban J connectivity index is 1.20. The van der Waals surface area contributed by atoms with E-state index in [-0.39, 0.29) is 11.5 Å². The van der Waals surface area contributed by atoms with Crippen molar-refractivity contribution in [1.29, 1.82) is 0 Å². The molecule has 2 N–H and O–H groups in total. The van der Waals surface area contributed by atoms with Crippen LogP contribution < -0.4 is 0 Å². The third-order valence-corrected chi connectivity index (χ3v) is 15.8. The van der Waals surface area contributed by atoms with Crippen molar-refractivity contribution in [3.8, 4) is 44.9 Å². The summed E-state index contributed by atoms with van der Waals surface area (Å²) in [5.41, 5.74) is 9.76. The molecule has 0 fully saturated rings. The second-order valence-electron chi connectivity index (χ2n) is 19.3. The first-order valence-corrected chi connectivity index (χ1v) is 24.4. The number of fused-ring (bicyclic) bond motifs is 15. The summed E-state index contributed by atoms with van der Waals surface area (Å²) >= 11 is 0. The molecule has 71 heavy (non-hydrogen) atoms. The van der Waals surface area contributed by atoms with Gasteiger partial charge in [0.2, 0.25) is 0 Å². The highest BCUT2D eigenvalue weighted by molar-refractivity contribution is 6.20. The van der Waals surface area contributed by atoms with E-state index in [0.717, 1.165) is 98.7 Å². The van der Waals surface area contributed by atoms with Crippen LogP contribution in [-0.4, -0.2) is 10.2 Å². The molecule has 330 valence electrons. The molecule has 0 spiro atoms. The predicted molar refractivity (Wildman–Crippen MR) is 298 cm³/mol. The van der Waals surface area contributed by atoms with E-state index < -0.39 is 5.41 Å². The zero-order valence-corrected chi connectivity index (χ0v) is 38.5. The highest BCUT2D eigenvalue weighted by Crippen LogP contribution is 2.64. The van der Waals surface area contributed by atoms with Crippen LogP contribution in [0.15, 0.2) is 243 Å². The van der Waals surface area contributed by atoms with E-state index in [1.54, 1.807) is 0 Å². The maximum absolute atomic E-state index is 12.4. The Morgan fingerprint density at radius 1 is 0.211 bits per heavy atom. The lowest BCUT2D eigenvalue weighted by atomic mass is 9.64. The van der Waals surface area contributed by atoms with Crippen LogP contribution in [0.4, 0.5) is 0 Å². The van der Waals surface area contributed by atoms with Crippen molar-refractivity contribution in [2.75, 3.05) is 0 Å². The molecule has 1 aliphatic rings. The SMILES string of the molecule is Oc1cc(C2(c3cc(O)cc4c3ccc3ccccc34)c3cccc(-c4cc5ccccc5c5ccccc45)c3-c3c(-c4cc5ccccc5c5ccccc45)cccc32)c2ccc3ccccc3c2c1. The Morgan fingerprint density at radius 3 is 0.986 bits per heavy atom. The fourth-order valence-corrected chi connectivity index (χ4v) is 13.0. The average Bonchev–Trinajstić information content (AvgIpc) is 3.75. The smallest absolute Gasteiger partial charge is 0.116 e. The number of hydrogen-bond acceptors (Lipinski definition) is 2. The summed E-state index contributed by atoms with van der Waals surface area (Å²) in [6, 6.07) is 87.2. The van der Waals surface area contributed by atoms with Crippen molar-refractivity contribution in [3.05, 3.63) is 265 Å². The van der Waals surface area contributed by atoms with Gasteiger partial charge in [0.15, 0.2) is 0 Å². The van der Waals surface area contributed by atoms with E-state index in [1.807, 2.05) is 24.3 Å². The predicted octanol–water partition coefficient (Wildman–Crippen LogP) is 18.0. The van der Waals surface area contributed by atoms with E-state index in [0.29, 0.717) is 0 Å². The summed E-state index contributed by atoms with van der Waals surface area (Å²) in [6.45, 7) is 0. The molecular formula is C69H42O2. The number of hydrogen-bond donors (Lipinski definition) is 2. The first-order valence-electron chi connectivity index (χ1n) is 24.4. The number of phenolic OH excluding ortho intramolecular Hbond substituents is 2. The van der Waals surface area contributed by atoms with E-state index >= 15 is 0 Å². The van der Waals surface area contributed by atoms with Crippen LogP contribution in [0.25, 0.3) is 120 Å². The summed E-state index contributed by atoms with van der Waals surface area (Å²) in [4.78, 5) is 0. The lowest BCUT2D eigenvalue weighted by Crippen LogP contribution is -2.29. The summed E-state index contributed by atoms with van der Waals surface area (Å²) in [7, 11) is 0. The molecule has 0 heterocycles. The Labute approximate surface area is 409 Å². The van der Waals surface area contributed by atoms with Crippen molar-refractivity contribution in [2.45, 2.75) is 5.41 Å². The summed E-state index contributed by atoms with van der Waals surface area (Å²) in [5.74, 6) is 0.364. The minimum absolute atomic E-state index is 0.182. The van der Waals surface area contributed by atoms with Crippen LogP contribution in [0.5, 0.6) is 11.5 Å². The van der Waals surface area contributed by atoms with Gasteiger partial charge in [-0.3, -0.25) is 0 Å². The number of aromatic hydroxyl groups is 2. The number of phenols is 2. The lowest BCUT2D eigenvalue weighted by molar-refractivity contribution is 0.473. The monoisotopic (exact) mass is 902 g/mol.